The van der Waals surface area contributed by atoms with E-state index in [9.17, 15) is 0 Å². The number of hydrogen-bond acceptors (Lipinski definition) is 2. The van der Waals surface area contributed by atoms with Gasteiger partial charge in [-0.15, -0.1) is 0 Å². The molecule has 0 spiro atoms. The van der Waals surface area contributed by atoms with Crippen LogP contribution >= 0.6 is 0 Å². The molecule has 0 bridgehead atoms. The number of unbranched alkanes of at least 4 members (excludes halogenated alkanes) is 1. The molecule has 2 rings (SSSR count). The van der Waals surface area contributed by atoms with Gasteiger partial charge in [-0.1, -0.05) is 26.2 Å². The minimum Gasteiger partial charge on any atom is -0.403 e. The van der Waals surface area contributed by atoms with Crippen molar-refractivity contribution in [1.29, 1.82) is 0 Å². The Morgan fingerprint density at radius 3 is 2.19 bits per heavy atom. The van der Waals surface area contributed by atoms with Gasteiger partial charge in [0.15, 0.2) is 0 Å². The molecule has 2 unspecified atom stereocenters. The quantitative estimate of drug-likeness (QED) is 0.678. The van der Waals surface area contributed by atoms with Gasteiger partial charge in [0.2, 0.25) is 0 Å². The highest BCUT2D eigenvalue weighted by Gasteiger charge is 2.59. The van der Waals surface area contributed by atoms with Crippen LogP contribution in [0.1, 0.15) is 60.3 Å². The highest BCUT2D eigenvalue weighted by molar-refractivity contribution is 6.48. The average molecular weight is 224 g/mol. The lowest BCUT2D eigenvalue weighted by atomic mass is 9.80. The largest absolute Gasteiger partial charge is 0.461 e. The van der Waals surface area contributed by atoms with Crippen LogP contribution in [0.2, 0.25) is 5.82 Å². The summed E-state index contributed by atoms with van der Waals surface area (Å²) in [5.41, 5.74) is -0.314. The van der Waals surface area contributed by atoms with Crippen molar-refractivity contribution in [3.05, 3.63) is 0 Å². The zero-order chi connectivity index (χ0) is 12.0. The molecular weight excluding hydrogens is 199 g/mol. The molecule has 2 atom stereocenters. The van der Waals surface area contributed by atoms with E-state index in [0.29, 0.717) is 5.82 Å². The van der Waals surface area contributed by atoms with Crippen LogP contribution in [0, 0.1) is 5.92 Å². The van der Waals surface area contributed by atoms with Gasteiger partial charge in [0.1, 0.15) is 0 Å². The van der Waals surface area contributed by atoms with Crippen LogP contribution in [0.15, 0.2) is 0 Å². The third kappa shape index (κ3) is 2.17. The molecule has 0 amide bonds. The Morgan fingerprint density at radius 2 is 1.69 bits per heavy atom. The second kappa shape index (κ2) is 4.02. The molecule has 0 N–H and O–H groups in total. The molecule has 16 heavy (non-hydrogen) atoms. The fourth-order valence-corrected chi connectivity index (χ4v) is 2.47. The van der Waals surface area contributed by atoms with Gasteiger partial charge < -0.3 is 9.31 Å². The van der Waals surface area contributed by atoms with Crippen molar-refractivity contribution >= 4 is 7.12 Å². The predicted octanol–water partition coefficient (Wildman–Crippen LogP) is 3.66. The summed E-state index contributed by atoms with van der Waals surface area (Å²) in [5, 5.41) is 0. The highest BCUT2D eigenvalue weighted by Crippen LogP contribution is 2.54. The van der Waals surface area contributed by atoms with Gasteiger partial charge in [-0.05, 0) is 45.9 Å². The van der Waals surface area contributed by atoms with Gasteiger partial charge in [-0.3, -0.25) is 0 Å². The summed E-state index contributed by atoms with van der Waals surface area (Å²) in [5.74, 6) is 1.52. The molecule has 1 heterocycles. The van der Waals surface area contributed by atoms with Gasteiger partial charge in [0, 0.05) is 0 Å². The van der Waals surface area contributed by atoms with Gasteiger partial charge in [0.25, 0.3) is 0 Å². The normalized spacial score (nSPS) is 35.4. The lowest BCUT2D eigenvalue weighted by molar-refractivity contribution is 0.00578. The first kappa shape index (κ1) is 12.4. The molecule has 1 aliphatic heterocycles. The molecule has 92 valence electrons. The Bertz CT molecular complexity index is 247. The third-order valence-electron chi connectivity index (χ3n) is 4.53. The first-order valence-corrected chi connectivity index (χ1v) is 6.73. The van der Waals surface area contributed by atoms with Crippen LogP contribution in [-0.4, -0.2) is 18.3 Å². The maximum Gasteiger partial charge on any atom is 0.461 e. The van der Waals surface area contributed by atoms with E-state index in [2.05, 4.69) is 34.6 Å². The minimum atomic E-state index is -0.157. The van der Waals surface area contributed by atoms with Crippen LogP contribution in [0.4, 0.5) is 0 Å². The third-order valence-corrected chi connectivity index (χ3v) is 4.53. The first-order valence-electron chi connectivity index (χ1n) is 6.73. The van der Waals surface area contributed by atoms with Crippen molar-refractivity contribution in [1.82, 2.24) is 0 Å². The molecule has 2 nitrogen and oxygen atoms in total. The molecule has 1 aliphatic carbocycles. The van der Waals surface area contributed by atoms with Crippen LogP contribution in [-0.2, 0) is 9.31 Å². The van der Waals surface area contributed by atoms with Crippen molar-refractivity contribution in [3.8, 4) is 0 Å². The minimum absolute atomic E-state index is 0.0480. The van der Waals surface area contributed by atoms with Crippen molar-refractivity contribution in [2.75, 3.05) is 0 Å². The molecule has 0 aromatic rings. The summed E-state index contributed by atoms with van der Waals surface area (Å²) in [6, 6.07) is 0. The SMILES string of the molecule is CCCCC1CC1B1OC(C)(C)C(C)(C)O1. The molecule has 0 aromatic heterocycles. The smallest absolute Gasteiger partial charge is 0.403 e. The lowest BCUT2D eigenvalue weighted by Gasteiger charge is -2.32. The zero-order valence-electron chi connectivity index (χ0n) is 11.4. The first-order chi connectivity index (χ1) is 7.37. The van der Waals surface area contributed by atoms with E-state index in [1.54, 1.807) is 0 Å². The van der Waals surface area contributed by atoms with Crippen LogP contribution in [0.25, 0.3) is 0 Å². The molecule has 2 aliphatic rings. The highest BCUT2D eigenvalue weighted by atomic mass is 16.7. The van der Waals surface area contributed by atoms with Crippen molar-refractivity contribution < 1.29 is 9.31 Å². The molecule has 1 saturated carbocycles. The Morgan fingerprint density at radius 1 is 1.12 bits per heavy atom. The Balaban J connectivity index is 1.86. The molecule has 0 aromatic carbocycles. The Hall–Kier alpha value is -0.0151. The van der Waals surface area contributed by atoms with E-state index >= 15 is 0 Å². The molecule has 1 saturated heterocycles. The molecule has 3 heteroatoms. The van der Waals surface area contributed by atoms with Crippen molar-refractivity contribution in [2.24, 2.45) is 5.92 Å². The predicted molar refractivity (Wildman–Crippen MR) is 67.5 cm³/mol. The molecule has 0 radical (unpaired) electrons. The molecule has 2 fully saturated rings. The summed E-state index contributed by atoms with van der Waals surface area (Å²) < 4.78 is 12.2. The fraction of sp³-hybridized carbons (Fsp3) is 1.00. The topological polar surface area (TPSA) is 18.5 Å². The second-order valence-corrected chi connectivity index (χ2v) is 6.43. The zero-order valence-corrected chi connectivity index (χ0v) is 11.4. The van der Waals surface area contributed by atoms with E-state index in [1.165, 1.54) is 25.7 Å². The Labute approximate surface area is 100 Å². The van der Waals surface area contributed by atoms with Crippen LogP contribution in [0.3, 0.4) is 0 Å². The number of hydrogen-bond donors (Lipinski definition) is 0. The summed E-state index contributed by atoms with van der Waals surface area (Å²) in [6.45, 7) is 10.8. The van der Waals surface area contributed by atoms with Crippen LogP contribution in [0.5, 0.6) is 0 Å². The lowest BCUT2D eigenvalue weighted by Crippen LogP contribution is -2.41. The van der Waals surface area contributed by atoms with E-state index in [-0.39, 0.29) is 18.3 Å². The second-order valence-electron chi connectivity index (χ2n) is 6.43. The van der Waals surface area contributed by atoms with Crippen LogP contribution < -0.4 is 0 Å². The monoisotopic (exact) mass is 224 g/mol. The van der Waals surface area contributed by atoms with E-state index < -0.39 is 0 Å². The van der Waals surface area contributed by atoms with Gasteiger partial charge >= 0.3 is 7.12 Å². The number of rotatable bonds is 4. The van der Waals surface area contributed by atoms with E-state index in [1.807, 2.05) is 0 Å². The van der Waals surface area contributed by atoms with Crippen molar-refractivity contribution in [2.45, 2.75) is 77.3 Å². The Kier molecular flexibility index (Phi) is 3.13. The maximum atomic E-state index is 6.08. The van der Waals surface area contributed by atoms with E-state index in [4.69, 9.17) is 9.31 Å². The van der Waals surface area contributed by atoms with Gasteiger partial charge in [-0.25, -0.2) is 0 Å². The summed E-state index contributed by atoms with van der Waals surface area (Å²) in [7, 11) is 0.0480. The van der Waals surface area contributed by atoms with Gasteiger partial charge in [0.05, 0.1) is 11.2 Å². The molecular formula is C13H25BO2. The summed E-state index contributed by atoms with van der Waals surface area (Å²) in [6.07, 6.45) is 5.30. The van der Waals surface area contributed by atoms with E-state index in [0.717, 1.165) is 5.92 Å². The summed E-state index contributed by atoms with van der Waals surface area (Å²) in [4.78, 5) is 0. The standard InChI is InChI=1S/C13H25BO2/c1-6-7-8-10-9-11(10)14-15-12(2,3)13(4,5)16-14/h10-11H,6-9H2,1-5H3. The van der Waals surface area contributed by atoms with Crippen molar-refractivity contribution in [3.63, 3.8) is 0 Å². The summed E-state index contributed by atoms with van der Waals surface area (Å²) >= 11 is 0. The average Bonchev–Trinajstić information content (AvgIpc) is 2.87. The fourth-order valence-electron chi connectivity index (χ4n) is 2.47. The maximum absolute atomic E-state index is 6.08. The van der Waals surface area contributed by atoms with Gasteiger partial charge in [-0.2, -0.15) is 0 Å².